The number of halogens is 1. The van der Waals surface area contributed by atoms with Crippen LogP contribution in [0.25, 0.3) is 10.2 Å². The van der Waals surface area contributed by atoms with E-state index < -0.39 is 38.2 Å². The van der Waals surface area contributed by atoms with Crippen LogP contribution in [0, 0.1) is 17.3 Å². The Morgan fingerprint density at radius 3 is 2.70 bits per heavy atom. The van der Waals surface area contributed by atoms with E-state index in [-0.39, 0.29) is 42.9 Å². The van der Waals surface area contributed by atoms with Gasteiger partial charge in [0.1, 0.15) is 6.10 Å². The summed E-state index contributed by atoms with van der Waals surface area (Å²) in [4.78, 5) is 49.1. The molecule has 2 aliphatic carbocycles. The number of rotatable bonds is 8. The summed E-state index contributed by atoms with van der Waals surface area (Å²) in [6.45, 7) is 1.87. The van der Waals surface area contributed by atoms with Crippen molar-refractivity contribution in [1.82, 2.24) is 14.6 Å². The molecule has 0 spiro atoms. The third kappa shape index (κ3) is 7.37. The van der Waals surface area contributed by atoms with Crippen LogP contribution in [0.2, 0.25) is 5.02 Å². The lowest BCUT2D eigenvalue weighted by atomic mass is 9.90. The Morgan fingerprint density at radius 1 is 1.12 bits per heavy atom. The molecule has 4 aliphatic rings. The molecular formula is C38H44ClN3O6S2. The van der Waals surface area contributed by atoms with Crippen LogP contribution < -0.4 is 9.46 Å². The van der Waals surface area contributed by atoms with Crippen molar-refractivity contribution < 1.29 is 27.5 Å². The van der Waals surface area contributed by atoms with Crippen molar-refractivity contribution in [3.8, 4) is 5.19 Å². The second-order valence-electron chi connectivity index (χ2n) is 14.9. The van der Waals surface area contributed by atoms with Crippen molar-refractivity contribution in [2.75, 3.05) is 6.54 Å². The number of sulfonamides is 1. The Kier molecular flexibility index (Phi) is 9.86. The summed E-state index contributed by atoms with van der Waals surface area (Å²) >= 11 is 7.57. The highest BCUT2D eigenvalue weighted by atomic mass is 35.5. The van der Waals surface area contributed by atoms with E-state index in [1.807, 2.05) is 36.4 Å². The van der Waals surface area contributed by atoms with E-state index >= 15 is 0 Å². The summed E-state index contributed by atoms with van der Waals surface area (Å²) in [5.41, 5.74) is 0.750. The fourth-order valence-electron chi connectivity index (χ4n) is 7.55. The number of nitrogens with one attached hydrogen (secondary N) is 1. The number of ether oxygens (including phenoxy) is 1. The van der Waals surface area contributed by atoms with Crippen LogP contribution in [0.1, 0.15) is 83.1 Å². The molecule has 1 saturated heterocycles. The van der Waals surface area contributed by atoms with Gasteiger partial charge in [-0.15, -0.1) is 0 Å². The predicted molar refractivity (Wildman–Crippen MR) is 195 cm³/mol. The third-order valence-electron chi connectivity index (χ3n) is 11.2. The van der Waals surface area contributed by atoms with E-state index in [9.17, 15) is 22.8 Å². The molecule has 2 saturated carbocycles. The first-order valence-corrected chi connectivity index (χ1v) is 20.5. The van der Waals surface area contributed by atoms with Gasteiger partial charge >= 0.3 is 0 Å². The number of Topliss-reactive ketones (excluding diaryl/α,β-unsaturated/α-hetero) is 1. The number of aromatic nitrogens is 1. The fraction of sp³-hybridized carbons (Fsp3) is 0.526. The summed E-state index contributed by atoms with van der Waals surface area (Å²) in [5, 5.41) is 1.04. The molecule has 2 aliphatic heterocycles. The van der Waals surface area contributed by atoms with E-state index in [0.717, 1.165) is 54.3 Å². The summed E-state index contributed by atoms with van der Waals surface area (Å²) in [5.74, 6) is -1.44. The van der Waals surface area contributed by atoms with E-state index in [1.165, 1.54) is 11.3 Å². The van der Waals surface area contributed by atoms with Gasteiger partial charge in [-0.3, -0.25) is 19.1 Å². The van der Waals surface area contributed by atoms with Crippen molar-refractivity contribution in [3.63, 3.8) is 0 Å². The summed E-state index contributed by atoms with van der Waals surface area (Å²) in [7, 11) is -3.88. The number of benzene rings is 2. The molecule has 0 radical (unpaired) electrons. The standard InChI is InChI=1S/C38H44ClN3O6S2/c1-37(18-19-37)50(46,47)41-35(45)38-22-27(38)13-9-4-2-3-8-12-26(15-14-25-10-6-5-7-11-25)34(44)42-24-29(21-31(42)32(43)23-38)48-36-40-30-17-16-28(39)20-33(30)49-36/h5-7,9-11,13,16-17,20,26-27,29,31H,2-4,8,12,14-15,18-19,21-24H2,1H3,(H,41,45)/b13-9-/t26-,27-,29-,31+,38-/m1/s1. The van der Waals surface area contributed by atoms with Gasteiger partial charge in [0.2, 0.25) is 21.8 Å². The largest absolute Gasteiger partial charge is 0.465 e. The SMILES string of the molecule is CC1(S(=O)(=O)NC(=O)[C@]23CC(=O)[C@@H]4C[C@@H](Oc5nc6ccc(Cl)cc6s5)CN4C(=O)[C@@H](CCc4ccccc4)CCCCC/C=C\[C@@H]2C3)CC1. The second-order valence-corrected chi connectivity index (χ2v) is 18.5. The van der Waals surface area contributed by atoms with E-state index in [1.54, 1.807) is 17.9 Å². The molecule has 0 bridgehead atoms. The van der Waals surface area contributed by atoms with Crippen LogP contribution in [-0.4, -0.2) is 59.3 Å². The molecule has 2 amide bonds. The highest BCUT2D eigenvalue weighted by Gasteiger charge is 2.62. The number of carbonyl (C=O) groups excluding carboxylic acids is 3. The van der Waals surface area contributed by atoms with Gasteiger partial charge in [-0.2, -0.15) is 0 Å². The number of hydrogen-bond donors (Lipinski definition) is 1. The first-order valence-electron chi connectivity index (χ1n) is 17.8. The predicted octanol–water partition coefficient (Wildman–Crippen LogP) is 7.03. The maximum absolute atomic E-state index is 14.5. The first-order chi connectivity index (χ1) is 24.0. The Labute approximate surface area is 302 Å². The maximum Gasteiger partial charge on any atom is 0.274 e. The molecule has 1 aromatic heterocycles. The second kappa shape index (κ2) is 14.0. The zero-order valence-corrected chi connectivity index (χ0v) is 30.7. The van der Waals surface area contributed by atoms with Crippen molar-refractivity contribution in [3.05, 3.63) is 71.3 Å². The van der Waals surface area contributed by atoms with Crippen LogP contribution in [0.15, 0.2) is 60.7 Å². The van der Waals surface area contributed by atoms with Gasteiger partial charge in [-0.1, -0.05) is 78.3 Å². The molecule has 266 valence electrons. The minimum absolute atomic E-state index is 0.0652. The Bertz CT molecular complexity index is 1910. The lowest BCUT2D eigenvalue weighted by Gasteiger charge is -2.29. The normalized spacial score (nSPS) is 29.0. The molecule has 0 unspecified atom stereocenters. The Morgan fingerprint density at radius 2 is 1.92 bits per heavy atom. The molecule has 7 rings (SSSR count). The van der Waals surface area contributed by atoms with Gasteiger partial charge in [-0.05, 0) is 88.0 Å². The average Bonchev–Trinajstić information content (AvgIpc) is 3.90. The molecule has 1 N–H and O–H groups in total. The van der Waals surface area contributed by atoms with Crippen LogP contribution in [0.3, 0.4) is 0 Å². The molecule has 2 aromatic carbocycles. The molecule has 12 heteroatoms. The van der Waals surface area contributed by atoms with Gasteiger partial charge in [0.15, 0.2) is 5.78 Å². The molecule has 9 nitrogen and oxygen atoms in total. The summed E-state index contributed by atoms with van der Waals surface area (Å²) in [6.07, 6.45) is 10.9. The topological polar surface area (TPSA) is 123 Å². The number of ketones is 1. The maximum atomic E-state index is 14.5. The quantitative estimate of drug-likeness (QED) is 0.246. The van der Waals surface area contributed by atoms with Crippen molar-refractivity contribution >= 4 is 60.8 Å². The highest BCUT2D eigenvalue weighted by Crippen LogP contribution is 2.57. The Hall–Kier alpha value is -3.28. The number of aryl methyl sites for hydroxylation is 1. The Balaban J connectivity index is 1.17. The number of thiazole rings is 1. The molecule has 3 heterocycles. The first kappa shape index (κ1) is 35.1. The zero-order chi connectivity index (χ0) is 35.1. The number of amides is 2. The molecule has 3 fully saturated rings. The van der Waals surface area contributed by atoms with Crippen LogP contribution in [-0.2, 0) is 30.8 Å². The lowest BCUT2D eigenvalue weighted by molar-refractivity contribution is -0.142. The molecule has 5 atom stereocenters. The summed E-state index contributed by atoms with van der Waals surface area (Å²) < 4.78 is 34.9. The number of fused-ring (bicyclic) bond motifs is 3. The van der Waals surface area contributed by atoms with Crippen molar-refractivity contribution in [1.29, 1.82) is 0 Å². The minimum Gasteiger partial charge on any atom is -0.465 e. The number of nitrogens with zero attached hydrogens (tertiary/aromatic N) is 2. The van der Waals surface area contributed by atoms with Crippen LogP contribution >= 0.6 is 22.9 Å². The fourth-order valence-corrected chi connectivity index (χ4v) is 10.0. The summed E-state index contributed by atoms with van der Waals surface area (Å²) in [6, 6.07) is 14.8. The zero-order valence-electron chi connectivity index (χ0n) is 28.3. The van der Waals surface area contributed by atoms with Crippen molar-refractivity contribution in [2.45, 2.75) is 101 Å². The van der Waals surface area contributed by atoms with E-state index in [2.05, 4.69) is 27.9 Å². The van der Waals surface area contributed by atoms with Gasteiger partial charge in [0.05, 0.1) is 33.0 Å². The molecular weight excluding hydrogens is 694 g/mol. The van der Waals surface area contributed by atoms with E-state index in [0.29, 0.717) is 35.9 Å². The lowest BCUT2D eigenvalue weighted by Crippen LogP contribution is -2.47. The van der Waals surface area contributed by atoms with Gasteiger partial charge in [0.25, 0.3) is 5.19 Å². The smallest absolute Gasteiger partial charge is 0.274 e. The van der Waals surface area contributed by atoms with Crippen LogP contribution in [0.4, 0.5) is 0 Å². The van der Waals surface area contributed by atoms with Gasteiger partial charge < -0.3 is 9.64 Å². The highest BCUT2D eigenvalue weighted by molar-refractivity contribution is 7.91. The van der Waals surface area contributed by atoms with Crippen LogP contribution in [0.5, 0.6) is 5.19 Å². The number of hydrogen-bond acceptors (Lipinski definition) is 8. The molecule has 50 heavy (non-hydrogen) atoms. The van der Waals surface area contributed by atoms with Gasteiger partial charge in [0, 0.05) is 23.8 Å². The minimum atomic E-state index is -3.88. The molecule has 3 aromatic rings. The monoisotopic (exact) mass is 737 g/mol. The third-order valence-corrected chi connectivity index (χ3v) is 14.5. The van der Waals surface area contributed by atoms with E-state index in [4.69, 9.17) is 16.3 Å². The number of allylic oxidation sites excluding steroid dienone is 2. The number of carbonyl (C=O) groups is 3. The van der Waals surface area contributed by atoms with Gasteiger partial charge in [-0.25, -0.2) is 13.4 Å². The van der Waals surface area contributed by atoms with Crippen molar-refractivity contribution in [2.24, 2.45) is 17.3 Å². The average molecular weight is 738 g/mol.